The quantitative estimate of drug-likeness (QED) is 0.776. The zero-order valence-corrected chi connectivity index (χ0v) is 13.1. The SMILES string of the molecule is Cl.O=C(CCC1CCNC1)N1CCC(C(F)(F)F)(C(F)(F)F)C1. The summed E-state index contributed by atoms with van der Waals surface area (Å²) in [4.78, 5) is 12.6. The Bertz CT molecular complexity index is 406. The standard InChI is InChI=1S/C13H18F6N2O.ClH/c14-12(15,16)11(13(17,18)19)4-6-21(8-11)10(22)2-1-9-3-5-20-7-9;/h9,20H,1-8H2;1H. The molecule has 2 saturated heterocycles. The van der Waals surface area contributed by atoms with Gasteiger partial charge >= 0.3 is 12.4 Å². The number of carbonyl (C=O) groups is 1. The van der Waals surface area contributed by atoms with Crippen molar-refractivity contribution in [2.75, 3.05) is 26.2 Å². The average molecular weight is 369 g/mol. The molecule has 2 fully saturated rings. The van der Waals surface area contributed by atoms with E-state index in [4.69, 9.17) is 0 Å². The Balaban J connectivity index is 0.00000264. The lowest BCUT2D eigenvalue weighted by Gasteiger charge is -2.33. The van der Waals surface area contributed by atoms with Crippen LogP contribution in [0.3, 0.4) is 0 Å². The van der Waals surface area contributed by atoms with Crippen molar-refractivity contribution in [3.8, 4) is 0 Å². The van der Waals surface area contributed by atoms with Gasteiger partial charge in [-0.3, -0.25) is 4.79 Å². The minimum absolute atomic E-state index is 0. The van der Waals surface area contributed by atoms with Gasteiger partial charge in [-0.05, 0) is 38.3 Å². The van der Waals surface area contributed by atoms with Crippen molar-refractivity contribution in [1.82, 2.24) is 10.2 Å². The molecule has 2 rings (SSSR count). The first-order valence-corrected chi connectivity index (χ1v) is 7.19. The van der Waals surface area contributed by atoms with Crippen LogP contribution in [0.25, 0.3) is 0 Å². The minimum Gasteiger partial charge on any atom is -0.341 e. The first-order chi connectivity index (χ1) is 10.1. The number of alkyl halides is 6. The topological polar surface area (TPSA) is 32.3 Å². The fourth-order valence-electron chi connectivity index (χ4n) is 3.09. The number of halogens is 7. The van der Waals surface area contributed by atoms with Crippen LogP contribution in [0.4, 0.5) is 26.3 Å². The highest BCUT2D eigenvalue weighted by atomic mass is 35.5. The van der Waals surface area contributed by atoms with Gasteiger partial charge in [-0.25, -0.2) is 0 Å². The minimum atomic E-state index is -5.41. The molecule has 10 heteroatoms. The van der Waals surface area contributed by atoms with Crippen LogP contribution in [0.2, 0.25) is 0 Å². The zero-order valence-electron chi connectivity index (χ0n) is 12.3. The molecule has 0 saturated carbocycles. The van der Waals surface area contributed by atoms with Crippen LogP contribution < -0.4 is 5.32 Å². The summed E-state index contributed by atoms with van der Waals surface area (Å²) in [6.45, 7) is -0.251. The summed E-state index contributed by atoms with van der Waals surface area (Å²) in [6, 6.07) is 0. The van der Waals surface area contributed by atoms with Crippen molar-refractivity contribution in [1.29, 1.82) is 0 Å². The lowest BCUT2D eigenvalue weighted by Crippen LogP contribution is -2.52. The van der Waals surface area contributed by atoms with Crippen molar-refractivity contribution in [2.45, 2.75) is 38.0 Å². The van der Waals surface area contributed by atoms with Gasteiger partial charge in [0, 0.05) is 19.5 Å². The first kappa shape index (κ1) is 20.3. The van der Waals surface area contributed by atoms with Crippen molar-refractivity contribution in [2.24, 2.45) is 11.3 Å². The van der Waals surface area contributed by atoms with Crippen molar-refractivity contribution >= 4 is 18.3 Å². The van der Waals surface area contributed by atoms with Gasteiger partial charge in [0.05, 0.1) is 0 Å². The third-order valence-corrected chi connectivity index (χ3v) is 4.64. The predicted octanol–water partition coefficient (Wildman–Crippen LogP) is 3.14. The molecule has 1 unspecified atom stereocenters. The van der Waals surface area contributed by atoms with E-state index in [0.29, 0.717) is 11.3 Å². The lowest BCUT2D eigenvalue weighted by atomic mass is 9.85. The highest BCUT2D eigenvalue weighted by Crippen LogP contribution is 2.55. The first-order valence-electron chi connectivity index (χ1n) is 7.19. The smallest absolute Gasteiger partial charge is 0.341 e. The van der Waals surface area contributed by atoms with E-state index in [2.05, 4.69) is 5.32 Å². The Labute approximate surface area is 136 Å². The number of amides is 1. The normalized spacial score (nSPS) is 24.6. The number of nitrogens with one attached hydrogen (secondary N) is 1. The summed E-state index contributed by atoms with van der Waals surface area (Å²) in [5.74, 6) is -0.358. The number of nitrogens with zero attached hydrogens (tertiary/aromatic N) is 1. The van der Waals surface area contributed by atoms with Crippen LogP contribution in [0.15, 0.2) is 0 Å². The van der Waals surface area contributed by atoms with Gasteiger partial charge in [0.15, 0.2) is 5.41 Å². The summed E-state index contributed by atoms with van der Waals surface area (Å²) >= 11 is 0. The number of carbonyl (C=O) groups excluding carboxylic acids is 1. The number of hydrogen-bond acceptors (Lipinski definition) is 2. The molecule has 136 valence electrons. The highest BCUT2D eigenvalue weighted by molar-refractivity contribution is 5.85. The maximum Gasteiger partial charge on any atom is 0.404 e. The van der Waals surface area contributed by atoms with Gasteiger partial charge in [0.1, 0.15) is 0 Å². The van der Waals surface area contributed by atoms with Crippen LogP contribution in [0, 0.1) is 11.3 Å². The second-order valence-electron chi connectivity index (χ2n) is 6.04. The molecule has 23 heavy (non-hydrogen) atoms. The molecule has 3 nitrogen and oxygen atoms in total. The highest BCUT2D eigenvalue weighted by Gasteiger charge is 2.72. The molecule has 0 bridgehead atoms. The largest absolute Gasteiger partial charge is 0.404 e. The Morgan fingerprint density at radius 1 is 1.17 bits per heavy atom. The average Bonchev–Trinajstić information content (AvgIpc) is 3.03. The van der Waals surface area contributed by atoms with E-state index < -0.39 is 43.2 Å². The van der Waals surface area contributed by atoms with Crippen LogP contribution in [0.1, 0.15) is 25.7 Å². The monoisotopic (exact) mass is 368 g/mol. The maximum atomic E-state index is 12.9. The molecule has 0 radical (unpaired) electrons. The van der Waals surface area contributed by atoms with Crippen molar-refractivity contribution in [3.63, 3.8) is 0 Å². The van der Waals surface area contributed by atoms with Crippen LogP contribution in [-0.2, 0) is 4.79 Å². The molecule has 2 aliphatic rings. The van der Waals surface area contributed by atoms with Gasteiger partial charge in [0.2, 0.25) is 5.91 Å². The fraction of sp³-hybridized carbons (Fsp3) is 0.923. The Morgan fingerprint density at radius 2 is 1.78 bits per heavy atom. The third-order valence-electron chi connectivity index (χ3n) is 4.64. The Kier molecular flexibility index (Phi) is 6.23. The predicted molar refractivity (Wildman–Crippen MR) is 73.2 cm³/mol. The molecular formula is C13H19ClF6N2O. The molecule has 0 aromatic heterocycles. The van der Waals surface area contributed by atoms with E-state index >= 15 is 0 Å². The summed E-state index contributed by atoms with van der Waals surface area (Å²) in [7, 11) is 0. The van der Waals surface area contributed by atoms with E-state index in [9.17, 15) is 31.1 Å². The summed E-state index contributed by atoms with van der Waals surface area (Å²) in [5.41, 5.74) is -3.79. The van der Waals surface area contributed by atoms with E-state index in [0.717, 1.165) is 19.5 Å². The molecule has 1 N–H and O–H groups in total. The maximum absolute atomic E-state index is 12.9. The Hall–Kier alpha value is -0.700. The van der Waals surface area contributed by atoms with Crippen LogP contribution in [0.5, 0.6) is 0 Å². The number of rotatable bonds is 3. The van der Waals surface area contributed by atoms with E-state index in [1.807, 2.05) is 0 Å². The molecule has 0 spiro atoms. The van der Waals surface area contributed by atoms with Crippen LogP contribution in [-0.4, -0.2) is 49.3 Å². The molecular weight excluding hydrogens is 350 g/mol. The molecule has 0 aromatic carbocycles. The summed E-state index contributed by atoms with van der Waals surface area (Å²) in [6.07, 6.45) is -10.6. The molecule has 1 amide bonds. The lowest BCUT2D eigenvalue weighted by molar-refractivity contribution is -0.334. The van der Waals surface area contributed by atoms with Gasteiger partial charge in [0.25, 0.3) is 0 Å². The van der Waals surface area contributed by atoms with Crippen molar-refractivity contribution < 1.29 is 31.1 Å². The number of hydrogen-bond donors (Lipinski definition) is 1. The Morgan fingerprint density at radius 3 is 2.22 bits per heavy atom. The molecule has 0 aliphatic carbocycles. The van der Waals surface area contributed by atoms with Crippen molar-refractivity contribution in [3.05, 3.63) is 0 Å². The van der Waals surface area contributed by atoms with E-state index in [1.165, 1.54) is 0 Å². The molecule has 2 aliphatic heterocycles. The third kappa shape index (κ3) is 4.04. The molecule has 2 heterocycles. The van der Waals surface area contributed by atoms with E-state index in [1.54, 1.807) is 0 Å². The summed E-state index contributed by atoms with van der Waals surface area (Å²) < 4.78 is 77.5. The van der Waals surface area contributed by atoms with Gasteiger partial charge in [-0.15, -0.1) is 12.4 Å². The second kappa shape index (κ2) is 7.04. The summed E-state index contributed by atoms with van der Waals surface area (Å²) in [5, 5.41) is 3.10. The van der Waals surface area contributed by atoms with Gasteiger partial charge in [-0.2, -0.15) is 26.3 Å². The molecule has 0 aromatic rings. The van der Waals surface area contributed by atoms with Crippen LogP contribution >= 0.6 is 12.4 Å². The number of likely N-dealkylation sites (tertiary alicyclic amines) is 1. The molecule has 1 atom stereocenters. The van der Waals surface area contributed by atoms with E-state index in [-0.39, 0.29) is 24.7 Å². The van der Waals surface area contributed by atoms with Gasteiger partial charge in [-0.1, -0.05) is 0 Å². The second-order valence-corrected chi connectivity index (χ2v) is 6.04. The van der Waals surface area contributed by atoms with Gasteiger partial charge < -0.3 is 10.2 Å². The zero-order chi connectivity index (χ0) is 16.6. The fourth-order valence-corrected chi connectivity index (χ4v) is 3.09.